The van der Waals surface area contributed by atoms with Gasteiger partial charge >= 0.3 is 0 Å². The van der Waals surface area contributed by atoms with Crippen LogP contribution in [0.25, 0.3) is 10.9 Å². The highest BCUT2D eigenvalue weighted by Gasteiger charge is 2.15. The maximum Gasteiger partial charge on any atom is 0.273 e. The molecular formula is C11H6ClN3O2. The number of nitro benzene ring substituents is 1. The van der Waals surface area contributed by atoms with Gasteiger partial charge in [0.2, 0.25) is 0 Å². The minimum atomic E-state index is -0.482. The van der Waals surface area contributed by atoms with Crippen LogP contribution in [-0.2, 0) is 0 Å². The molecular weight excluding hydrogens is 242 g/mol. The minimum absolute atomic E-state index is 0.0312. The van der Waals surface area contributed by atoms with Gasteiger partial charge in [0.15, 0.2) is 0 Å². The Bertz CT molecular complexity index is 676. The molecule has 2 rings (SSSR count). The number of nitrogens with zero attached hydrogens (tertiary/aromatic N) is 3. The van der Waals surface area contributed by atoms with Crippen molar-refractivity contribution in [3.63, 3.8) is 0 Å². The smallest absolute Gasteiger partial charge is 0.258 e. The fourth-order valence-electron chi connectivity index (χ4n) is 1.57. The van der Waals surface area contributed by atoms with Crippen LogP contribution in [0.2, 0.25) is 5.02 Å². The van der Waals surface area contributed by atoms with Crippen molar-refractivity contribution in [3.8, 4) is 6.07 Å². The molecule has 17 heavy (non-hydrogen) atoms. The summed E-state index contributed by atoms with van der Waals surface area (Å²) in [6.07, 6.45) is 1.36. The number of hydrogen-bond donors (Lipinski definition) is 0. The lowest BCUT2D eigenvalue weighted by atomic mass is 10.1. The number of rotatable bonds is 1. The van der Waals surface area contributed by atoms with Crippen molar-refractivity contribution >= 4 is 28.2 Å². The number of halogens is 1. The molecule has 0 aliphatic carbocycles. The Hall–Kier alpha value is -2.19. The van der Waals surface area contributed by atoms with Gasteiger partial charge in [0.1, 0.15) is 6.07 Å². The average Bonchev–Trinajstić information content (AvgIpc) is 2.28. The van der Waals surface area contributed by atoms with Crippen molar-refractivity contribution in [1.82, 2.24) is 4.98 Å². The maximum atomic E-state index is 10.8. The van der Waals surface area contributed by atoms with Crippen LogP contribution in [-0.4, -0.2) is 9.91 Å². The molecule has 0 atom stereocenters. The molecule has 1 aromatic heterocycles. The monoisotopic (exact) mass is 247 g/mol. The molecule has 0 aliphatic rings. The topological polar surface area (TPSA) is 79.8 Å². The largest absolute Gasteiger partial charge is 0.273 e. The Kier molecular flexibility index (Phi) is 2.66. The van der Waals surface area contributed by atoms with E-state index in [4.69, 9.17) is 16.9 Å². The molecule has 84 valence electrons. The van der Waals surface area contributed by atoms with Gasteiger partial charge in [0.05, 0.1) is 21.0 Å². The molecule has 2 aromatic rings. The molecule has 0 fully saturated rings. The molecule has 0 unspecified atom stereocenters. The third-order valence-corrected chi connectivity index (χ3v) is 2.84. The molecule has 0 N–H and O–H groups in total. The van der Waals surface area contributed by atoms with Gasteiger partial charge in [-0.25, -0.2) is 0 Å². The minimum Gasteiger partial charge on any atom is -0.258 e. The first-order chi connectivity index (χ1) is 8.04. The lowest BCUT2D eigenvalue weighted by Crippen LogP contribution is -1.93. The van der Waals surface area contributed by atoms with Crippen LogP contribution in [0.3, 0.4) is 0 Å². The van der Waals surface area contributed by atoms with Gasteiger partial charge in [-0.1, -0.05) is 11.6 Å². The van der Waals surface area contributed by atoms with E-state index in [1.165, 1.54) is 12.3 Å². The Balaban J connectivity index is 2.87. The quantitative estimate of drug-likeness (QED) is 0.573. The van der Waals surface area contributed by atoms with Gasteiger partial charge in [0.25, 0.3) is 5.69 Å². The first-order valence-corrected chi connectivity index (χ1v) is 5.05. The van der Waals surface area contributed by atoms with Gasteiger partial charge < -0.3 is 0 Å². The van der Waals surface area contributed by atoms with E-state index < -0.39 is 4.92 Å². The van der Waals surface area contributed by atoms with Crippen molar-refractivity contribution < 1.29 is 4.92 Å². The lowest BCUT2D eigenvalue weighted by Gasteiger charge is -2.03. The molecule has 0 bridgehead atoms. The summed E-state index contributed by atoms with van der Waals surface area (Å²) in [5.74, 6) is 0. The predicted octanol–water partition coefficient (Wildman–Crippen LogP) is 2.98. The van der Waals surface area contributed by atoms with E-state index in [0.29, 0.717) is 16.5 Å². The summed E-state index contributed by atoms with van der Waals surface area (Å²) in [5.41, 5.74) is 1.22. The molecule has 0 saturated heterocycles. The number of hydrogen-bond acceptors (Lipinski definition) is 4. The van der Waals surface area contributed by atoms with Gasteiger partial charge in [-0.3, -0.25) is 15.1 Å². The number of nitro groups is 1. The number of benzene rings is 1. The molecule has 0 radical (unpaired) electrons. The second-order valence-electron chi connectivity index (χ2n) is 3.51. The highest BCUT2D eigenvalue weighted by atomic mass is 35.5. The average molecular weight is 248 g/mol. The molecule has 0 amide bonds. The van der Waals surface area contributed by atoms with Crippen LogP contribution in [0.5, 0.6) is 0 Å². The molecule has 0 saturated carbocycles. The maximum absolute atomic E-state index is 10.8. The van der Waals surface area contributed by atoms with Gasteiger partial charge in [0, 0.05) is 23.2 Å². The zero-order valence-corrected chi connectivity index (χ0v) is 9.52. The summed E-state index contributed by atoms with van der Waals surface area (Å²) in [5, 5.41) is 20.2. The van der Waals surface area contributed by atoms with Crippen molar-refractivity contribution in [2.45, 2.75) is 6.92 Å². The Morgan fingerprint density at radius 1 is 1.53 bits per heavy atom. The lowest BCUT2D eigenvalue weighted by molar-refractivity contribution is -0.385. The first-order valence-electron chi connectivity index (χ1n) is 4.68. The zero-order chi connectivity index (χ0) is 12.6. The summed E-state index contributed by atoms with van der Waals surface area (Å²) < 4.78 is 0. The van der Waals surface area contributed by atoms with Crippen molar-refractivity contribution in [3.05, 3.63) is 44.6 Å². The highest BCUT2D eigenvalue weighted by Crippen LogP contribution is 2.30. The fraction of sp³-hybridized carbons (Fsp3) is 0.0909. The highest BCUT2D eigenvalue weighted by molar-refractivity contribution is 6.36. The van der Waals surface area contributed by atoms with E-state index in [2.05, 4.69) is 4.98 Å². The fourth-order valence-corrected chi connectivity index (χ4v) is 1.82. The van der Waals surface area contributed by atoms with Crippen molar-refractivity contribution in [2.24, 2.45) is 0 Å². The SMILES string of the molecule is Cc1cc2ncc(C#N)c(Cl)c2cc1[N+](=O)[O-]. The van der Waals surface area contributed by atoms with Crippen LogP contribution in [0, 0.1) is 28.4 Å². The zero-order valence-electron chi connectivity index (χ0n) is 8.77. The van der Waals surface area contributed by atoms with E-state index in [9.17, 15) is 10.1 Å². The van der Waals surface area contributed by atoms with E-state index in [-0.39, 0.29) is 16.3 Å². The molecule has 6 heteroatoms. The summed E-state index contributed by atoms with van der Waals surface area (Å²) in [7, 11) is 0. The summed E-state index contributed by atoms with van der Waals surface area (Å²) in [4.78, 5) is 14.4. The number of aromatic nitrogens is 1. The second kappa shape index (κ2) is 4.00. The van der Waals surface area contributed by atoms with E-state index >= 15 is 0 Å². The number of pyridine rings is 1. The number of fused-ring (bicyclic) bond motifs is 1. The number of aryl methyl sites for hydroxylation is 1. The first kappa shape index (κ1) is 11.3. The Labute approximate surface area is 101 Å². The van der Waals surface area contributed by atoms with E-state index in [1.54, 1.807) is 13.0 Å². The van der Waals surface area contributed by atoms with E-state index in [0.717, 1.165) is 0 Å². The molecule has 0 spiro atoms. The van der Waals surface area contributed by atoms with Crippen molar-refractivity contribution in [1.29, 1.82) is 5.26 Å². The normalized spacial score (nSPS) is 10.2. The number of nitriles is 1. The third-order valence-electron chi connectivity index (χ3n) is 2.44. The summed E-state index contributed by atoms with van der Waals surface area (Å²) in [6.45, 7) is 1.63. The van der Waals surface area contributed by atoms with Crippen LogP contribution < -0.4 is 0 Å². The standard InChI is InChI=1S/C11H6ClN3O2/c1-6-2-9-8(3-10(6)15(16)17)11(12)7(4-13)5-14-9/h2-3,5H,1H3. The van der Waals surface area contributed by atoms with Gasteiger partial charge in [-0.05, 0) is 13.0 Å². The molecule has 0 aliphatic heterocycles. The van der Waals surface area contributed by atoms with Gasteiger partial charge in [-0.2, -0.15) is 5.26 Å². The second-order valence-corrected chi connectivity index (χ2v) is 3.89. The Morgan fingerprint density at radius 2 is 2.24 bits per heavy atom. The van der Waals surface area contributed by atoms with Crippen LogP contribution >= 0.6 is 11.6 Å². The Morgan fingerprint density at radius 3 is 2.82 bits per heavy atom. The van der Waals surface area contributed by atoms with Gasteiger partial charge in [-0.15, -0.1) is 0 Å². The molecule has 1 aromatic carbocycles. The van der Waals surface area contributed by atoms with Crippen LogP contribution in [0.15, 0.2) is 18.3 Å². The van der Waals surface area contributed by atoms with E-state index in [1.807, 2.05) is 6.07 Å². The molecule has 5 nitrogen and oxygen atoms in total. The molecule has 1 heterocycles. The summed E-state index contributed by atoms with van der Waals surface area (Å²) in [6, 6.07) is 4.82. The third kappa shape index (κ3) is 1.79. The predicted molar refractivity (Wildman–Crippen MR) is 62.9 cm³/mol. The van der Waals surface area contributed by atoms with Crippen LogP contribution in [0.1, 0.15) is 11.1 Å². The van der Waals surface area contributed by atoms with Crippen molar-refractivity contribution in [2.75, 3.05) is 0 Å². The van der Waals surface area contributed by atoms with Crippen LogP contribution in [0.4, 0.5) is 5.69 Å². The summed E-state index contributed by atoms with van der Waals surface area (Å²) >= 11 is 5.99.